The average Bonchev–Trinajstić information content (AvgIpc) is 2.63. The quantitative estimate of drug-likeness (QED) is 0.648. The van der Waals surface area contributed by atoms with E-state index in [2.05, 4.69) is 5.32 Å². The van der Waals surface area contributed by atoms with Crippen molar-refractivity contribution in [1.29, 1.82) is 0 Å². The predicted molar refractivity (Wildman–Crippen MR) is 74.5 cm³/mol. The number of carbonyl (C=O) groups is 1. The summed E-state index contributed by atoms with van der Waals surface area (Å²) in [6.45, 7) is 0.122. The molecule has 1 heterocycles. The predicted octanol–water partition coefficient (Wildman–Crippen LogP) is 0.759. The minimum absolute atomic E-state index is 0.0641. The second-order valence-electron chi connectivity index (χ2n) is 4.41. The van der Waals surface area contributed by atoms with Crippen LogP contribution in [-0.2, 0) is 14.8 Å². The summed E-state index contributed by atoms with van der Waals surface area (Å²) in [5.74, 6) is -0.437. The van der Waals surface area contributed by atoms with Crippen LogP contribution >= 0.6 is 11.6 Å². The Morgan fingerprint density at radius 3 is 2.76 bits per heavy atom. The molecule has 0 unspecified atom stereocenters. The molecule has 0 spiro atoms. The number of carbonyl (C=O) groups excluding carboxylic acids is 1. The summed E-state index contributed by atoms with van der Waals surface area (Å²) in [5.41, 5.74) is -0.604. The van der Waals surface area contributed by atoms with E-state index in [0.717, 1.165) is 16.4 Å². The molecule has 0 aliphatic carbocycles. The third-order valence-electron chi connectivity index (χ3n) is 2.96. The van der Waals surface area contributed by atoms with Gasteiger partial charge in [0.25, 0.3) is 5.69 Å². The van der Waals surface area contributed by atoms with Crippen LogP contribution < -0.4 is 5.32 Å². The van der Waals surface area contributed by atoms with Gasteiger partial charge >= 0.3 is 0 Å². The van der Waals surface area contributed by atoms with E-state index < -0.39 is 31.4 Å². The number of nitrogens with one attached hydrogen (secondary N) is 1. The van der Waals surface area contributed by atoms with Crippen LogP contribution in [0, 0.1) is 10.1 Å². The number of nitro benzene ring substituents is 1. The van der Waals surface area contributed by atoms with Crippen LogP contribution in [0.25, 0.3) is 0 Å². The number of halogens is 1. The molecule has 1 aromatic carbocycles. The van der Waals surface area contributed by atoms with E-state index in [-0.39, 0.29) is 18.1 Å². The summed E-state index contributed by atoms with van der Waals surface area (Å²) in [6, 6.07) is 3.32. The Morgan fingerprint density at radius 2 is 2.10 bits per heavy atom. The van der Waals surface area contributed by atoms with Crippen LogP contribution in [0.5, 0.6) is 0 Å². The van der Waals surface area contributed by atoms with E-state index in [1.165, 1.54) is 6.07 Å². The van der Waals surface area contributed by atoms with Crippen molar-refractivity contribution < 1.29 is 18.1 Å². The Balaban J connectivity index is 2.48. The van der Waals surface area contributed by atoms with E-state index in [9.17, 15) is 23.3 Å². The zero-order valence-corrected chi connectivity index (χ0v) is 12.4. The van der Waals surface area contributed by atoms with Crippen molar-refractivity contribution in [3.05, 3.63) is 33.3 Å². The Morgan fingerprint density at radius 1 is 1.38 bits per heavy atom. The number of amides is 1. The van der Waals surface area contributed by atoms with Gasteiger partial charge in [-0.05, 0) is 18.6 Å². The monoisotopic (exact) mass is 333 g/mol. The van der Waals surface area contributed by atoms with Crippen molar-refractivity contribution >= 4 is 33.2 Å². The zero-order valence-electron chi connectivity index (χ0n) is 10.8. The minimum Gasteiger partial charge on any atom is -0.355 e. The van der Waals surface area contributed by atoms with Crippen LogP contribution in [0.3, 0.4) is 0 Å². The molecule has 10 heteroatoms. The molecule has 0 atom stereocenters. The van der Waals surface area contributed by atoms with Crippen LogP contribution in [0.4, 0.5) is 5.69 Å². The maximum absolute atomic E-state index is 12.5. The van der Waals surface area contributed by atoms with Gasteiger partial charge in [0, 0.05) is 24.2 Å². The fourth-order valence-electron chi connectivity index (χ4n) is 1.97. The molecule has 0 aromatic heterocycles. The van der Waals surface area contributed by atoms with E-state index in [1.807, 2.05) is 0 Å². The van der Waals surface area contributed by atoms with Crippen molar-refractivity contribution in [3.63, 3.8) is 0 Å². The second-order valence-corrected chi connectivity index (χ2v) is 6.75. The van der Waals surface area contributed by atoms with Gasteiger partial charge in [-0.1, -0.05) is 11.6 Å². The highest BCUT2D eigenvalue weighted by Crippen LogP contribution is 2.29. The van der Waals surface area contributed by atoms with E-state index in [4.69, 9.17) is 11.6 Å². The van der Waals surface area contributed by atoms with Gasteiger partial charge in [-0.3, -0.25) is 14.9 Å². The molecule has 1 aliphatic rings. The molecule has 0 radical (unpaired) electrons. The van der Waals surface area contributed by atoms with Crippen LogP contribution in [0.15, 0.2) is 23.1 Å². The molecule has 1 saturated heterocycles. The molecule has 1 amide bonds. The lowest BCUT2D eigenvalue weighted by atomic mass is 10.3. The third kappa shape index (κ3) is 3.31. The molecule has 21 heavy (non-hydrogen) atoms. The molecule has 8 nitrogen and oxygen atoms in total. The molecule has 0 saturated carbocycles. The first-order chi connectivity index (χ1) is 9.82. The van der Waals surface area contributed by atoms with Crippen molar-refractivity contribution in [2.45, 2.75) is 11.3 Å². The SMILES string of the molecule is O=C1CN(S(=O)(=O)c2ccc(Cl)cc2[N+](=O)[O-])CCCN1. The first-order valence-corrected chi connectivity index (χ1v) is 7.85. The highest BCUT2D eigenvalue weighted by molar-refractivity contribution is 7.89. The number of hydrogen-bond acceptors (Lipinski definition) is 5. The fraction of sp³-hybridized carbons (Fsp3) is 0.364. The Kier molecular flexibility index (Phi) is 4.45. The van der Waals surface area contributed by atoms with Crippen molar-refractivity contribution in [2.75, 3.05) is 19.6 Å². The Labute approximate surface area is 125 Å². The highest BCUT2D eigenvalue weighted by atomic mass is 35.5. The van der Waals surface area contributed by atoms with Crippen molar-refractivity contribution in [2.24, 2.45) is 0 Å². The first kappa shape index (κ1) is 15.7. The van der Waals surface area contributed by atoms with Gasteiger partial charge in [-0.15, -0.1) is 0 Å². The normalized spacial score (nSPS) is 17.1. The van der Waals surface area contributed by atoms with Crippen molar-refractivity contribution in [1.82, 2.24) is 9.62 Å². The van der Waals surface area contributed by atoms with Gasteiger partial charge in [0.15, 0.2) is 4.90 Å². The van der Waals surface area contributed by atoms with E-state index in [1.54, 1.807) is 0 Å². The van der Waals surface area contributed by atoms with E-state index >= 15 is 0 Å². The molecule has 1 fully saturated rings. The highest BCUT2D eigenvalue weighted by Gasteiger charge is 2.33. The molecule has 2 rings (SSSR count). The molecule has 0 bridgehead atoms. The molecular formula is C11H12ClN3O5S. The Bertz CT molecular complexity index is 691. The number of nitrogens with zero attached hydrogens (tertiary/aromatic N) is 2. The number of sulfonamides is 1. The molecule has 1 N–H and O–H groups in total. The van der Waals surface area contributed by atoms with Gasteiger partial charge in [-0.25, -0.2) is 8.42 Å². The Hall–Kier alpha value is -1.71. The molecule has 114 valence electrons. The lowest BCUT2D eigenvalue weighted by molar-refractivity contribution is -0.387. The third-order valence-corrected chi connectivity index (χ3v) is 5.09. The lowest BCUT2D eigenvalue weighted by Gasteiger charge is -2.18. The largest absolute Gasteiger partial charge is 0.355 e. The number of benzene rings is 1. The van der Waals surface area contributed by atoms with Crippen molar-refractivity contribution in [3.8, 4) is 0 Å². The van der Waals surface area contributed by atoms with Gasteiger partial charge in [0.1, 0.15) is 0 Å². The number of rotatable bonds is 3. The van der Waals surface area contributed by atoms with Gasteiger partial charge in [0.05, 0.1) is 11.5 Å². The summed E-state index contributed by atoms with van der Waals surface area (Å²) in [6.07, 6.45) is 0.437. The number of hydrogen-bond donors (Lipinski definition) is 1. The van der Waals surface area contributed by atoms with Gasteiger partial charge in [-0.2, -0.15) is 4.31 Å². The fourth-order valence-corrected chi connectivity index (χ4v) is 3.71. The summed E-state index contributed by atoms with van der Waals surface area (Å²) in [4.78, 5) is 21.2. The van der Waals surface area contributed by atoms with Gasteiger partial charge < -0.3 is 5.32 Å². The summed E-state index contributed by atoms with van der Waals surface area (Å²) < 4.78 is 26.0. The molecular weight excluding hydrogens is 322 g/mol. The topological polar surface area (TPSA) is 110 Å². The summed E-state index contributed by atoms with van der Waals surface area (Å²) in [5, 5.41) is 13.6. The zero-order chi connectivity index (χ0) is 15.6. The smallest absolute Gasteiger partial charge is 0.290 e. The minimum atomic E-state index is -4.14. The summed E-state index contributed by atoms with van der Waals surface area (Å²) in [7, 11) is -4.14. The first-order valence-electron chi connectivity index (χ1n) is 6.03. The van der Waals surface area contributed by atoms with E-state index in [0.29, 0.717) is 13.0 Å². The summed E-state index contributed by atoms with van der Waals surface area (Å²) >= 11 is 5.67. The molecule has 1 aliphatic heterocycles. The number of nitro groups is 1. The van der Waals surface area contributed by atoms with Crippen LogP contribution in [-0.4, -0.2) is 43.2 Å². The average molecular weight is 334 g/mol. The second kappa shape index (κ2) is 5.96. The van der Waals surface area contributed by atoms with Crippen LogP contribution in [0.1, 0.15) is 6.42 Å². The lowest BCUT2D eigenvalue weighted by Crippen LogP contribution is -2.37. The standard InChI is InChI=1S/C11H12ClN3O5S/c12-8-2-3-10(9(6-8)15(17)18)21(19,20)14-5-1-4-13-11(16)7-14/h2-3,6H,1,4-5,7H2,(H,13,16). The maximum Gasteiger partial charge on any atom is 0.290 e. The maximum atomic E-state index is 12.5. The molecule has 1 aromatic rings. The van der Waals surface area contributed by atoms with Crippen LogP contribution in [0.2, 0.25) is 5.02 Å². The van der Waals surface area contributed by atoms with Gasteiger partial charge in [0.2, 0.25) is 15.9 Å².